The number of aromatic nitrogens is 2. The molecule has 1 atom stereocenters. The minimum absolute atomic E-state index is 0.00613. The third-order valence-electron chi connectivity index (χ3n) is 7.26. The Bertz CT molecular complexity index is 1090. The van der Waals surface area contributed by atoms with E-state index in [0.29, 0.717) is 37.4 Å². The zero-order chi connectivity index (χ0) is 24.3. The number of benzene rings is 1. The molecule has 34 heavy (non-hydrogen) atoms. The van der Waals surface area contributed by atoms with Gasteiger partial charge in [0.05, 0.1) is 36.2 Å². The van der Waals surface area contributed by atoms with Gasteiger partial charge in [0, 0.05) is 31.9 Å². The molecular weight excluding hydrogens is 428 g/mol. The van der Waals surface area contributed by atoms with Crippen molar-refractivity contribution in [3.05, 3.63) is 47.5 Å². The molecule has 1 fully saturated rings. The summed E-state index contributed by atoms with van der Waals surface area (Å²) in [5, 5.41) is 15.9. The van der Waals surface area contributed by atoms with Crippen molar-refractivity contribution in [1.82, 2.24) is 20.2 Å². The van der Waals surface area contributed by atoms with E-state index in [1.807, 2.05) is 36.0 Å². The van der Waals surface area contributed by atoms with Crippen molar-refractivity contribution < 1.29 is 9.59 Å². The summed E-state index contributed by atoms with van der Waals surface area (Å²) in [5.74, 6) is 0.129. The molecule has 180 valence electrons. The number of nitrogens with one attached hydrogen (secondary N) is 2. The number of hydrogen-bond donors (Lipinski definition) is 2. The lowest BCUT2D eigenvalue weighted by Gasteiger charge is -2.38. The number of ketones is 1. The second-order valence-electron chi connectivity index (χ2n) is 10.2. The number of anilines is 1. The summed E-state index contributed by atoms with van der Waals surface area (Å²) < 4.78 is 1.98. The van der Waals surface area contributed by atoms with E-state index in [-0.39, 0.29) is 17.7 Å². The van der Waals surface area contributed by atoms with E-state index in [2.05, 4.69) is 26.6 Å². The lowest BCUT2D eigenvalue weighted by Crippen LogP contribution is -2.53. The molecule has 0 bridgehead atoms. The van der Waals surface area contributed by atoms with Crippen LogP contribution in [0.25, 0.3) is 0 Å². The first kappa shape index (κ1) is 24.0. The number of imidazole rings is 1. The van der Waals surface area contributed by atoms with Crippen molar-refractivity contribution in [1.29, 1.82) is 5.26 Å². The number of hydrogen-bond acceptors (Lipinski definition) is 6. The third-order valence-corrected chi connectivity index (χ3v) is 7.26. The maximum Gasteiger partial charge on any atom is 0.233 e. The number of carbonyl (C=O) groups excluding carboxylic acids is 2. The predicted octanol–water partition coefficient (Wildman–Crippen LogP) is 2.32. The predicted molar refractivity (Wildman–Crippen MR) is 130 cm³/mol. The second-order valence-corrected chi connectivity index (χ2v) is 10.2. The van der Waals surface area contributed by atoms with Gasteiger partial charge in [-0.25, -0.2) is 4.98 Å². The molecule has 0 spiro atoms. The summed E-state index contributed by atoms with van der Waals surface area (Å²) in [4.78, 5) is 32.8. The highest BCUT2D eigenvalue weighted by atomic mass is 16.2. The molecule has 0 aliphatic carbocycles. The summed E-state index contributed by atoms with van der Waals surface area (Å²) in [5.41, 5.74) is 2.67. The zero-order valence-electron chi connectivity index (χ0n) is 20.3. The van der Waals surface area contributed by atoms with E-state index in [0.717, 1.165) is 42.9 Å². The number of amides is 1. The molecule has 1 aromatic carbocycles. The van der Waals surface area contributed by atoms with Crippen molar-refractivity contribution >= 4 is 17.4 Å². The number of piperidine rings is 1. The van der Waals surface area contributed by atoms with Crippen molar-refractivity contribution in [3.63, 3.8) is 0 Å². The molecule has 2 aromatic rings. The van der Waals surface area contributed by atoms with Crippen LogP contribution in [-0.2, 0) is 29.6 Å². The van der Waals surface area contributed by atoms with Crippen LogP contribution in [0.2, 0.25) is 0 Å². The van der Waals surface area contributed by atoms with Gasteiger partial charge in [0.1, 0.15) is 11.2 Å². The van der Waals surface area contributed by atoms with Gasteiger partial charge in [0.25, 0.3) is 0 Å². The quantitative estimate of drug-likeness (QED) is 0.612. The number of carbonyl (C=O) groups is 2. The molecule has 2 N–H and O–H groups in total. The van der Waals surface area contributed by atoms with Crippen LogP contribution in [0.5, 0.6) is 0 Å². The highest BCUT2D eigenvalue weighted by Crippen LogP contribution is 2.31. The normalized spacial score (nSPS) is 18.8. The maximum absolute atomic E-state index is 13.3. The van der Waals surface area contributed by atoms with Gasteiger partial charge in [-0.15, -0.1) is 0 Å². The molecular formula is C26H34N6O2. The number of aryl methyl sites for hydroxylation is 1. The summed E-state index contributed by atoms with van der Waals surface area (Å²) in [6.45, 7) is 6.61. The van der Waals surface area contributed by atoms with Crippen LogP contribution >= 0.6 is 0 Å². The topological polar surface area (TPSA) is 103 Å². The molecule has 1 unspecified atom stereocenters. The highest BCUT2D eigenvalue weighted by Gasteiger charge is 2.38. The molecule has 4 rings (SSSR count). The molecule has 1 saturated heterocycles. The van der Waals surface area contributed by atoms with Gasteiger partial charge in [-0.3, -0.25) is 9.59 Å². The van der Waals surface area contributed by atoms with E-state index in [4.69, 9.17) is 0 Å². The lowest BCUT2D eigenvalue weighted by molar-refractivity contribution is -0.141. The first-order valence-corrected chi connectivity index (χ1v) is 12.1. The SMILES string of the molecule is Cn1cncc1CN1CC(NC(=O)C(C)(C)C(=O)CC2CCNCC2)Cc2cc(C#N)ccc21. The molecule has 1 aromatic heterocycles. The van der Waals surface area contributed by atoms with Gasteiger partial charge in [-0.2, -0.15) is 5.26 Å². The summed E-state index contributed by atoms with van der Waals surface area (Å²) in [6, 6.07) is 7.76. The number of Topliss-reactive ketones (excluding diaryl/α,β-unsaturated/α-hetero) is 1. The van der Waals surface area contributed by atoms with Crippen molar-refractivity contribution in [3.8, 4) is 6.07 Å². The van der Waals surface area contributed by atoms with Crippen molar-refractivity contribution in [2.75, 3.05) is 24.5 Å². The summed E-state index contributed by atoms with van der Waals surface area (Å²) >= 11 is 0. The van der Waals surface area contributed by atoms with Crippen molar-refractivity contribution in [2.45, 2.75) is 52.1 Å². The van der Waals surface area contributed by atoms with E-state index < -0.39 is 5.41 Å². The maximum atomic E-state index is 13.3. The van der Waals surface area contributed by atoms with Crippen LogP contribution in [0, 0.1) is 22.7 Å². The van der Waals surface area contributed by atoms with Crippen molar-refractivity contribution in [2.24, 2.45) is 18.4 Å². The molecule has 8 nitrogen and oxygen atoms in total. The Morgan fingerprint density at radius 2 is 2.06 bits per heavy atom. The fraction of sp³-hybridized carbons (Fsp3) is 0.538. The number of nitriles is 1. The van der Waals surface area contributed by atoms with E-state index >= 15 is 0 Å². The smallest absolute Gasteiger partial charge is 0.233 e. The Labute approximate surface area is 201 Å². The average Bonchev–Trinajstić information content (AvgIpc) is 3.23. The summed E-state index contributed by atoms with van der Waals surface area (Å²) in [7, 11) is 1.96. The second kappa shape index (κ2) is 9.98. The molecule has 3 heterocycles. The lowest BCUT2D eigenvalue weighted by atomic mass is 9.80. The fourth-order valence-corrected chi connectivity index (χ4v) is 4.90. The summed E-state index contributed by atoms with van der Waals surface area (Å²) in [6.07, 6.45) is 6.65. The van der Waals surface area contributed by atoms with Gasteiger partial charge in [0.2, 0.25) is 5.91 Å². The van der Waals surface area contributed by atoms with Crippen LogP contribution in [0.15, 0.2) is 30.7 Å². The van der Waals surface area contributed by atoms with Crippen LogP contribution < -0.4 is 15.5 Å². The minimum Gasteiger partial charge on any atom is -0.363 e. The largest absolute Gasteiger partial charge is 0.363 e. The van der Waals surface area contributed by atoms with Crippen LogP contribution in [-0.4, -0.2) is 46.9 Å². The Hall–Kier alpha value is -3.18. The van der Waals surface area contributed by atoms with E-state index in [9.17, 15) is 14.9 Å². The highest BCUT2D eigenvalue weighted by molar-refractivity contribution is 6.05. The Kier molecular flexibility index (Phi) is 7.03. The first-order chi connectivity index (χ1) is 16.3. The van der Waals surface area contributed by atoms with Gasteiger partial charge >= 0.3 is 0 Å². The number of nitrogens with zero attached hydrogens (tertiary/aromatic N) is 4. The van der Waals surface area contributed by atoms with Crippen LogP contribution in [0.4, 0.5) is 5.69 Å². The molecule has 2 aliphatic heterocycles. The third kappa shape index (κ3) is 5.15. The Balaban J connectivity index is 1.49. The zero-order valence-corrected chi connectivity index (χ0v) is 20.3. The Morgan fingerprint density at radius 3 is 2.74 bits per heavy atom. The van der Waals surface area contributed by atoms with Gasteiger partial charge in [0.15, 0.2) is 0 Å². The van der Waals surface area contributed by atoms with Crippen LogP contribution in [0.1, 0.15) is 49.9 Å². The van der Waals surface area contributed by atoms with Gasteiger partial charge in [-0.05, 0) is 75.9 Å². The van der Waals surface area contributed by atoms with Gasteiger partial charge in [-0.1, -0.05) is 0 Å². The molecule has 1 amide bonds. The Morgan fingerprint density at radius 1 is 1.29 bits per heavy atom. The standard InChI is InChI=1S/C26H34N6O2/c1-26(2,24(33)11-18-6-8-28-9-7-18)25(34)30-21-12-20-10-19(13-27)4-5-23(20)32(15-21)16-22-14-29-17-31(22)3/h4-5,10,14,17-18,21,28H,6-9,11-12,15-16H2,1-3H3,(H,30,34). The fourth-order valence-electron chi connectivity index (χ4n) is 4.90. The molecule has 0 radical (unpaired) electrons. The number of fused-ring (bicyclic) bond motifs is 1. The van der Waals surface area contributed by atoms with E-state index in [1.165, 1.54) is 0 Å². The first-order valence-electron chi connectivity index (χ1n) is 12.1. The van der Waals surface area contributed by atoms with Gasteiger partial charge < -0.3 is 20.1 Å². The van der Waals surface area contributed by atoms with Crippen LogP contribution in [0.3, 0.4) is 0 Å². The monoisotopic (exact) mass is 462 g/mol. The average molecular weight is 463 g/mol. The number of rotatable bonds is 7. The minimum atomic E-state index is -1.08. The molecule has 2 aliphatic rings. The van der Waals surface area contributed by atoms with E-state index in [1.54, 1.807) is 20.2 Å². The molecule has 8 heteroatoms. The molecule has 0 saturated carbocycles.